The summed E-state index contributed by atoms with van der Waals surface area (Å²) in [5, 5.41) is 8.29. The van der Waals surface area contributed by atoms with Gasteiger partial charge in [-0.15, -0.1) is 0 Å². The first kappa shape index (κ1) is 11.9. The van der Waals surface area contributed by atoms with Gasteiger partial charge in [0.05, 0.1) is 10.9 Å². The van der Waals surface area contributed by atoms with E-state index in [4.69, 9.17) is 16.7 Å². The molecule has 1 aromatic rings. The molecule has 0 radical (unpaired) electrons. The van der Waals surface area contributed by atoms with Crippen molar-refractivity contribution in [2.75, 3.05) is 0 Å². The second-order valence-corrected chi connectivity index (χ2v) is 3.71. The minimum atomic E-state index is -1.06. The van der Waals surface area contributed by atoms with Crippen LogP contribution in [0, 0.1) is 17.6 Å². The fourth-order valence-corrected chi connectivity index (χ4v) is 1.40. The van der Waals surface area contributed by atoms with Crippen LogP contribution in [0.2, 0.25) is 5.02 Å². The Kier molecular flexibility index (Phi) is 3.63. The third-order valence-electron chi connectivity index (χ3n) is 2.02. The van der Waals surface area contributed by atoms with Crippen molar-refractivity contribution in [2.24, 2.45) is 5.92 Å². The van der Waals surface area contributed by atoms with Crippen molar-refractivity contribution < 1.29 is 18.7 Å². The Morgan fingerprint density at radius 1 is 1.53 bits per heavy atom. The Bertz CT molecular complexity index is 393. The van der Waals surface area contributed by atoms with Gasteiger partial charge < -0.3 is 5.11 Å². The lowest BCUT2D eigenvalue weighted by Crippen LogP contribution is -2.13. The first-order valence-electron chi connectivity index (χ1n) is 4.28. The lowest BCUT2D eigenvalue weighted by Gasteiger charge is -2.08. The highest BCUT2D eigenvalue weighted by Crippen LogP contribution is 2.22. The van der Waals surface area contributed by atoms with Gasteiger partial charge in [0.25, 0.3) is 0 Å². The van der Waals surface area contributed by atoms with Crippen LogP contribution in [0.1, 0.15) is 12.5 Å². The molecule has 2 nitrogen and oxygen atoms in total. The maximum absolute atomic E-state index is 13.3. The highest BCUT2D eigenvalue weighted by atomic mass is 35.5. The summed E-state index contributed by atoms with van der Waals surface area (Å²) in [7, 11) is 0. The maximum Gasteiger partial charge on any atom is 0.306 e. The van der Waals surface area contributed by atoms with Crippen LogP contribution in [-0.2, 0) is 11.2 Å². The summed E-state index contributed by atoms with van der Waals surface area (Å²) in [5.74, 6) is -3.27. The molecule has 0 amide bonds. The van der Waals surface area contributed by atoms with Gasteiger partial charge in [-0.3, -0.25) is 4.79 Å². The number of carboxylic acids is 1. The van der Waals surface area contributed by atoms with Gasteiger partial charge in [-0.1, -0.05) is 18.5 Å². The molecule has 0 spiro atoms. The number of rotatable bonds is 3. The first-order valence-corrected chi connectivity index (χ1v) is 4.66. The summed E-state index contributed by atoms with van der Waals surface area (Å²) in [6, 6.07) is 1.81. The summed E-state index contributed by atoms with van der Waals surface area (Å²) in [5.41, 5.74) is -0.0186. The number of carbonyl (C=O) groups is 1. The second-order valence-electron chi connectivity index (χ2n) is 3.30. The lowest BCUT2D eigenvalue weighted by atomic mass is 10.0. The van der Waals surface area contributed by atoms with Crippen molar-refractivity contribution in [3.63, 3.8) is 0 Å². The molecule has 82 valence electrons. The van der Waals surface area contributed by atoms with Crippen molar-refractivity contribution in [2.45, 2.75) is 13.3 Å². The van der Waals surface area contributed by atoms with E-state index in [2.05, 4.69) is 0 Å². The van der Waals surface area contributed by atoms with Crippen LogP contribution >= 0.6 is 11.6 Å². The molecule has 0 aliphatic rings. The van der Waals surface area contributed by atoms with Crippen LogP contribution < -0.4 is 0 Å². The first-order chi connectivity index (χ1) is 6.91. The van der Waals surface area contributed by atoms with E-state index >= 15 is 0 Å². The average molecular weight is 235 g/mol. The largest absolute Gasteiger partial charge is 0.481 e. The molecule has 1 atom stereocenters. The summed E-state index contributed by atoms with van der Waals surface area (Å²) < 4.78 is 26.2. The molecular formula is C10H9ClF2O2. The molecule has 0 fully saturated rings. The van der Waals surface area contributed by atoms with Crippen molar-refractivity contribution in [3.05, 3.63) is 34.4 Å². The Balaban J connectivity index is 2.99. The Morgan fingerprint density at radius 2 is 2.13 bits per heavy atom. The zero-order valence-electron chi connectivity index (χ0n) is 7.93. The molecule has 0 saturated heterocycles. The topological polar surface area (TPSA) is 37.3 Å². The summed E-state index contributed by atoms with van der Waals surface area (Å²) in [4.78, 5) is 10.5. The summed E-state index contributed by atoms with van der Waals surface area (Å²) in [6.07, 6.45) is -0.0847. The van der Waals surface area contributed by atoms with E-state index in [0.717, 1.165) is 12.1 Å². The SMILES string of the molecule is CC(Cc1cc(F)cc(Cl)c1F)C(=O)O. The van der Waals surface area contributed by atoms with Gasteiger partial charge in [-0.2, -0.15) is 0 Å². The molecule has 1 aromatic carbocycles. The van der Waals surface area contributed by atoms with E-state index in [1.807, 2.05) is 0 Å². The smallest absolute Gasteiger partial charge is 0.306 e. The molecule has 0 aliphatic heterocycles. The molecule has 0 aromatic heterocycles. The number of aliphatic carboxylic acids is 1. The molecule has 1 rings (SSSR count). The summed E-state index contributed by atoms with van der Waals surface area (Å²) in [6.45, 7) is 1.42. The van der Waals surface area contributed by atoms with E-state index in [-0.39, 0.29) is 17.0 Å². The quantitative estimate of drug-likeness (QED) is 0.817. The minimum Gasteiger partial charge on any atom is -0.481 e. The molecule has 1 unspecified atom stereocenters. The van der Waals surface area contributed by atoms with Crippen LogP contribution in [0.15, 0.2) is 12.1 Å². The lowest BCUT2D eigenvalue weighted by molar-refractivity contribution is -0.141. The molecule has 15 heavy (non-hydrogen) atoms. The molecule has 0 aliphatic carbocycles. The standard InChI is InChI=1S/C10H9ClF2O2/c1-5(10(14)15)2-6-3-7(12)4-8(11)9(6)13/h3-5H,2H2,1H3,(H,14,15). The Morgan fingerprint density at radius 3 is 2.67 bits per heavy atom. The Labute approximate surface area is 90.5 Å². The average Bonchev–Trinajstić information content (AvgIpc) is 2.13. The Hall–Kier alpha value is -1.16. The molecule has 5 heteroatoms. The van der Waals surface area contributed by atoms with Crippen molar-refractivity contribution in [1.82, 2.24) is 0 Å². The molecule has 0 heterocycles. The van der Waals surface area contributed by atoms with Crippen molar-refractivity contribution in [3.8, 4) is 0 Å². The zero-order valence-corrected chi connectivity index (χ0v) is 8.68. The number of halogens is 3. The van der Waals surface area contributed by atoms with E-state index in [0.29, 0.717) is 0 Å². The minimum absolute atomic E-state index is 0.0186. The fraction of sp³-hybridized carbons (Fsp3) is 0.300. The highest BCUT2D eigenvalue weighted by Gasteiger charge is 2.16. The third kappa shape index (κ3) is 2.89. The van der Waals surface area contributed by atoms with Gasteiger partial charge in [-0.25, -0.2) is 8.78 Å². The van der Waals surface area contributed by atoms with Gasteiger partial charge in [0, 0.05) is 0 Å². The van der Waals surface area contributed by atoms with Crippen molar-refractivity contribution >= 4 is 17.6 Å². The van der Waals surface area contributed by atoms with Gasteiger partial charge in [-0.05, 0) is 24.1 Å². The number of benzene rings is 1. The van der Waals surface area contributed by atoms with Gasteiger partial charge in [0.15, 0.2) is 0 Å². The monoisotopic (exact) mass is 234 g/mol. The van der Waals surface area contributed by atoms with E-state index in [1.165, 1.54) is 6.92 Å². The van der Waals surface area contributed by atoms with Crippen LogP contribution in [0.25, 0.3) is 0 Å². The van der Waals surface area contributed by atoms with Gasteiger partial charge in [0.1, 0.15) is 11.6 Å². The van der Waals surface area contributed by atoms with E-state index in [1.54, 1.807) is 0 Å². The maximum atomic E-state index is 13.3. The van der Waals surface area contributed by atoms with Crippen LogP contribution in [0.4, 0.5) is 8.78 Å². The molecule has 0 saturated carbocycles. The molecule has 0 bridgehead atoms. The summed E-state index contributed by atoms with van der Waals surface area (Å²) >= 11 is 5.42. The number of hydrogen-bond donors (Lipinski definition) is 1. The highest BCUT2D eigenvalue weighted by molar-refractivity contribution is 6.30. The molecular weight excluding hydrogens is 226 g/mol. The van der Waals surface area contributed by atoms with Gasteiger partial charge >= 0.3 is 5.97 Å². The van der Waals surface area contributed by atoms with E-state index < -0.39 is 23.5 Å². The van der Waals surface area contributed by atoms with Crippen molar-refractivity contribution in [1.29, 1.82) is 0 Å². The fourth-order valence-electron chi connectivity index (χ4n) is 1.17. The number of hydrogen-bond acceptors (Lipinski definition) is 1. The predicted octanol–water partition coefficient (Wildman–Crippen LogP) is 2.88. The number of carboxylic acid groups (broad SMARTS) is 1. The van der Waals surface area contributed by atoms with E-state index in [9.17, 15) is 13.6 Å². The van der Waals surface area contributed by atoms with Gasteiger partial charge in [0.2, 0.25) is 0 Å². The van der Waals surface area contributed by atoms with Crippen LogP contribution in [0.3, 0.4) is 0 Å². The van der Waals surface area contributed by atoms with Crippen LogP contribution in [0.5, 0.6) is 0 Å². The second kappa shape index (κ2) is 4.57. The molecule has 1 N–H and O–H groups in total. The zero-order chi connectivity index (χ0) is 11.6. The van der Waals surface area contributed by atoms with Crippen LogP contribution in [-0.4, -0.2) is 11.1 Å². The normalized spacial score (nSPS) is 12.5. The third-order valence-corrected chi connectivity index (χ3v) is 2.29. The predicted molar refractivity (Wildman–Crippen MR) is 51.9 cm³/mol.